The molecular weight excluding hydrogens is 210 g/mol. The summed E-state index contributed by atoms with van der Waals surface area (Å²) in [5.41, 5.74) is 6.48. The molecule has 74 valence electrons. The molecule has 0 unspecified atom stereocenters. The van der Waals surface area contributed by atoms with E-state index in [4.69, 9.17) is 18.0 Å². The van der Waals surface area contributed by atoms with Crippen LogP contribution in [0.2, 0.25) is 0 Å². The van der Waals surface area contributed by atoms with Crippen LogP contribution in [0.25, 0.3) is 6.08 Å². The van der Waals surface area contributed by atoms with Gasteiger partial charge in [-0.05, 0) is 29.5 Å². The second-order valence-electron chi connectivity index (χ2n) is 2.74. The molecule has 3 heteroatoms. The van der Waals surface area contributed by atoms with Crippen molar-refractivity contribution in [2.24, 2.45) is 5.73 Å². The van der Waals surface area contributed by atoms with E-state index in [2.05, 4.69) is 31.2 Å². The first-order valence-electron chi connectivity index (χ1n) is 4.42. The lowest BCUT2D eigenvalue weighted by atomic mass is 10.2. The molecule has 0 saturated heterocycles. The lowest BCUT2D eigenvalue weighted by Gasteiger charge is -1.98. The van der Waals surface area contributed by atoms with Crippen LogP contribution in [0.5, 0.6) is 0 Å². The first-order chi connectivity index (χ1) is 6.72. The Morgan fingerprint density at radius 2 is 2.07 bits per heavy atom. The molecule has 0 amide bonds. The minimum absolute atomic E-state index is 0.414. The molecule has 1 rings (SSSR count). The number of hydrogen-bond donors (Lipinski definition) is 1. The van der Waals surface area contributed by atoms with Crippen LogP contribution in [-0.4, -0.2) is 10.7 Å². The molecule has 0 aliphatic heterocycles. The standard InChI is InChI=1S/C11H13NS2/c1-2-14-10-6-3-9(4-7-10)5-8-11(12)13/h3-8H,2H2,1H3,(H2,12,13)/b8-5+. The minimum Gasteiger partial charge on any atom is -0.390 e. The fraction of sp³-hybridized carbons (Fsp3) is 0.182. The first kappa shape index (κ1) is 11.3. The van der Waals surface area contributed by atoms with E-state index in [1.54, 1.807) is 6.08 Å². The Balaban J connectivity index is 2.68. The molecule has 0 aromatic heterocycles. The van der Waals surface area contributed by atoms with E-state index in [1.807, 2.05) is 17.8 Å². The smallest absolute Gasteiger partial charge is 0.0962 e. The lowest BCUT2D eigenvalue weighted by molar-refractivity contribution is 1.42. The van der Waals surface area contributed by atoms with Crippen LogP contribution in [0.3, 0.4) is 0 Å². The summed E-state index contributed by atoms with van der Waals surface area (Å²) in [6.45, 7) is 2.14. The summed E-state index contributed by atoms with van der Waals surface area (Å²) >= 11 is 6.58. The van der Waals surface area contributed by atoms with Crippen molar-refractivity contribution in [1.82, 2.24) is 0 Å². The Morgan fingerprint density at radius 1 is 1.43 bits per heavy atom. The molecule has 1 aromatic carbocycles. The van der Waals surface area contributed by atoms with Gasteiger partial charge in [0.1, 0.15) is 0 Å². The second-order valence-corrected chi connectivity index (χ2v) is 4.55. The molecule has 1 nitrogen and oxygen atoms in total. The van der Waals surface area contributed by atoms with Crippen molar-refractivity contribution < 1.29 is 0 Å². The molecule has 0 aliphatic rings. The highest BCUT2D eigenvalue weighted by molar-refractivity contribution is 7.99. The molecule has 14 heavy (non-hydrogen) atoms. The summed E-state index contributed by atoms with van der Waals surface area (Å²) in [7, 11) is 0. The van der Waals surface area contributed by atoms with E-state index in [-0.39, 0.29) is 0 Å². The summed E-state index contributed by atoms with van der Waals surface area (Å²) in [5, 5.41) is 0. The highest BCUT2D eigenvalue weighted by atomic mass is 32.2. The first-order valence-corrected chi connectivity index (χ1v) is 5.82. The van der Waals surface area contributed by atoms with E-state index < -0.39 is 0 Å². The molecule has 0 heterocycles. The van der Waals surface area contributed by atoms with Gasteiger partial charge in [-0.2, -0.15) is 0 Å². The Hall–Kier alpha value is -0.800. The van der Waals surface area contributed by atoms with Gasteiger partial charge in [0.2, 0.25) is 0 Å². The van der Waals surface area contributed by atoms with Crippen molar-refractivity contribution in [3.05, 3.63) is 35.9 Å². The summed E-state index contributed by atoms with van der Waals surface area (Å²) in [6, 6.07) is 8.33. The minimum atomic E-state index is 0.414. The van der Waals surface area contributed by atoms with Gasteiger partial charge in [0.25, 0.3) is 0 Å². The maximum Gasteiger partial charge on any atom is 0.0962 e. The lowest BCUT2D eigenvalue weighted by Crippen LogP contribution is -2.01. The summed E-state index contributed by atoms with van der Waals surface area (Å²) in [5.74, 6) is 1.10. The van der Waals surface area contributed by atoms with Gasteiger partial charge in [0.15, 0.2) is 0 Å². The van der Waals surface area contributed by atoms with E-state index in [0.717, 1.165) is 11.3 Å². The zero-order valence-corrected chi connectivity index (χ0v) is 9.70. The average Bonchev–Trinajstić information content (AvgIpc) is 2.17. The maximum absolute atomic E-state index is 5.36. The second kappa shape index (κ2) is 5.83. The number of thioether (sulfide) groups is 1. The van der Waals surface area contributed by atoms with Gasteiger partial charge in [-0.1, -0.05) is 37.4 Å². The van der Waals surface area contributed by atoms with Gasteiger partial charge in [0, 0.05) is 4.90 Å². The van der Waals surface area contributed by atoms with Gasteiger partial charge in [-0.25, -0.2) is 0 Å². The van der Waals surface area contributed by atoms with Crippen LogP contribution in [0, 0.1) is 0 Å². The Morgan fingerprint density at radius 3 is 2.57 bits per heavy atom. The third-order valence-corrected chi connectivity index (χ3v) is 2.66. The molecule has 0 fully saturated rings. The largest absolute Gasteiger partial charge is 0.390 e. The van der Waals surface area contributed by atoms with Gasteiger partial charge < -0.3 is 5.73 Å². The predicted molar refractivity (Wildman–Crippen MR) is 68.7 cm³/mol. The van der Waals surface area contributed by atoms with Crippen molar-refractivity contribution >= 4 is 35.0 Å². The van der Waals surface area contributed by atoms with Gasteiger partial charge in [0.05, 0.1) is 4.99 Å². The molecule has 0 saturated carbocycles. The van der Waals surface area contributed by atoms with Gasteiger partial charge >= 0.3 is 0 Å². The molecule has 0 radical (unpaired) electrons. The Kier molecular flexibility index (Phi) is 4.70. The molecule has 0 spiro atoms. The van der Waals surface area contributed by atoms with Crippen molar-refractivity contribution in [2.75, 3.05) is 5.75 Å². The third kappa shape index (κ3) is 3.94. The van der Waals surface area contributed by atoms with Crippen LogP contribution in [0.1, 0.15) is 12.5 Å². The van der Waals surface area contributed by atoms with E-state index >= 15 is 0 Å². The van der Waals surface area contributed by atoms with Crippen molar-refractivity contribution in [1.29, 1.82) is 0 Å². The van der Waals surface area contributed by atoms with E-state index in [0.29, 0.717) is 4.99 Å². The SMILES string of the molecule is CCSc1ccc(/C=C/C(N)=S)cc1. The van der Waals surface area contributed by atoms with Crippen molar-refractivity contribution in [3.8, 4) is 0 Å². The van der Waals surface area contributed by atoms with Crippen LogP contribution in [0.4, 0.5) is 0 Å². The zero-order chi connectivity index (χ0) is 10.4. The highest BCUT2D eigenvalue weighted by Crippen LogP contribution is 2.18. The van der Waals surface area contributed by atoms with Gasteiger partial charge in [-0.15, -0.1) is 11.8 Å². The number of benzene rings is 1. The molecule has 0 aliphatic carbocycles. The van der Waals surface area contributed by atoms with Crippen LogP contribution < -0.4 is 5.73 Å². The summed E-state index contributed by atoms with van der Waals surface area (Å²) in [4.78, 5) is 1.71. The molecule has 0 atom stereocenters. The number of nitrogens with two attached hydrogens (primary N) is 1. The maximum atomic E-state index is 5.36. The third-order valence-electron chi connectivity index (χ3n) is 1.63. The molecule has 1 aromatic rings. The van der Waals surface area contributed by atoms with Crippen LogP contribution >= 0.6 is 24.0 Å². The molecule has 2 N–H and O–H groups in total. The number of thiocarbonyl (C=S) groups is 1. The molecular formula is C11H13NS2. The van der Waals surface area contributed by atoms with Crippen molar-refractivity contribution in [3.63, 3.8) is 0 Å². The molecule has 0 bridgehead atoms. The predicted octanol–water partition coefficient (Wildman–Crippen LogP) is 3.10. The zero-order valence-electron chi connectivity index (χ0n) is 8.07. The fourth-order valence-corrected chi connectivity index (χ4v) is 1.75. The van der Waals surface area contributed by atoms with E-state index in [1.165, 1.54) is 4.90 Å². The topological polar surface area (TPSA) is 26.0 Å². The normalized spacial score (nSPS) is 10.6. The highest BCUT2D eigenvalue weighted by Gasteiger charge is 1.91. The van der Waals surface area contributed by atoms with Crippen LogP contribution in [-0.2, 0) is 0 Å². The summed E-state index contributed by atoms with van der Waals surface area (Å²) < 4.78 is 0. The monoisotopic (exact) mass is 223 g/mol. The summed E-state index contributed by atoms with van der Waals surface area (Å²) in [6.07, 6.45) is 3.65. The van der Waals surface area contributed by atoms with Crippen LogP contribution in [0.15, 0.2) is 35.2 Å². The fourth-order valence-electron chi connectivity index (χ4n) is 1.02. The number of hydrogen-bond acceptors (Lipinski definition) is 2. The Bertz CT molecular complexity index is 328. The van der Waals surface area contributed by atoms with Crippen molar-refractivity contribution in [2.45, 2.75) is 11.8 Å². The van der Waals surface area contributed by atoms with E-state index in [9.17, 15) is 0 Å². The quantitative estimate of drug-likeness (QED) is 0.482. The number of rotatable bonds is 4. The average molecular weight is 223 g/mol. The van der Waals surface area contributed by atoms with Gasteiger partial charge in [-0.3, -0.25) is 0 Å². The Labute approximate surface area is 94.4 Å².